The van der Waals surface area contributed by atoms with Crippen molar-refractivity contribution in [2.75, 3.05) is 6.61 Å². The summed E-state index contributed by atoms with van der Waals surface area (Å²) in [6, 6.07) is 3.25. The van der Waals surface area contributed by atoms with Crippen molar-refractivity contribution in [3.05, 3.63) is 29.6 Å². The summed E-state index contributed by atoms with van der Waals surface area (Å²) in [6.45, 7) is -0.375. The van der Waals surface area contributed by atoms with E-state index < -0.39 is 29.3 Å². The predicted molar refractivity (Wildman–Crippen MR) is 52.4 cm³/mol. The van der Waals surface area contributed by atoms with Gasteiger partial charge in [-0.05, 0) is 12.1 Å². The molecule has 0 saturated heterocycles. The molecule has 1 heterocycles. The van der Waals surface area contributed by atoms with Crippen LogP contribution in [0.25, 0.3) is 0 Å². The lowest BCUT2D eigenvalue weighted by Gasteiger charge is -2.21. The van der Waals surface area contributed by atoms with Crippen molar-refractivity contribution in [2.24, 2.45) is 5.92 Å². The first-order valence-corrected chi connectivity index (χ1v) is 4.74. The number of carboxylic acid groups (broad SMARTS) is 1. The first-order valence-electron chi connectivity index (χ1n) is 4.74. The SMILES string of the molecule is O=C(O)C(=O)C1COc2cc(F)ccc2C1=O. The quantitative estimate of drug-likeness (QED) is 0.605. The van der Waals surface area contributed by atoms with Crippen LogP contribution in [0, 0.1) is 11.7 Å². The Hall–Kier alpha value is -2.24. The van der Waals surface area contributed by atoms with Gasteiger partial charge in [0, 0.05) is 6.07 Å². The summed E-state index contributed by atoms with van der Waals surface area (Å²) < 4.78 is 17.9. The third kappa shape index (κ3) is 1.89. The Morgan fingerprint density at radius 1 is 1.41 bits per heavy atom. The van der Waals surface area contributed by atoms with E-state index in [9.17, 15) is 18.8 Å². The maximum atomic E-state index is 12.9. The Morgan fingerprint density at radius 3 is 2.76 bits per heavy atom. The molecule has 1 atom stereocenters. The molecule has 2 rings (SSSR count). The smallest absolute Gasteiger partial charge is 0.373 e. The molecule has 1 aromatic rings. The molecule has 0 aromatic heterocycles. The molecule has 0 amide bonds. The topological polar surface area (TPSA) is 80.7 Å². The number of rotatable bonds is 2. The highest BCUT2D eigenvalue weighted by atomic mass is 19.1. The standard InChI is InChI=1S/C11H7FO5/c12-5-1-2-6-8(3-5)17-4-7(9(6)13)10(14)11(15)16/h1-3,7H,4H2,(H,15,16). The zero-order valence-electron chi connectivity index (χ0n) is 8.47. The molecule has 17 heavy (non-hydrogen) atoms. The van der Waals surface area contributed by atoms with Gasteiger partial charge in [0.25, 0.3) is 5.78 Å². The molecule has 1 N–H and O–H groups in total. The van der Waals surface area contributed by atoms with Gasteiger partial charge in [0.15, 0.2) is 5.78 Å². The lowest BCUT2D eigenvalue weighted by molar-refractivity contribution is -0.150. The van der Waals surface area contributed by atoms with Gasteiger partial charge in [-0.15, -0.1) is 0 Å². The van der Waals surface area contributed by atoms with Gasteiger partial charge in [-0.1, -0.05) is 0 Å². The highest BCUT2D eigenvalue weighted by Gasteiger charge is 2.37. The van der Waals surface area contributed by atoms with E-state index in [-0.39, 0.29) is 17.9 Å². The summed E-state index contributed by atoms with van der Waals surface area (Å²) in [7, 11) is 0. The maximum Gasteiger partial charge on any atom is 0.373 e. The van der Waals surface area contributed by atoms with Crippen molar-refractivity contribution in [2.45, 2.75) is 0 Å². The van der Waals surface area contributed by atoms with Crippen LogP contribution in [-0.4, -0.2) is 29.2 Å². The number of carboxylic acids is 1. The van der Waals surface area contributed by atoms with Crippen LogP contribution in [0.4, 0.5) is 4.39 Å². The Bertz CT molecular complexity index is 523. The van der Waals surface area contributed by atoms with Crippen molar-refractivity contribution < 1.29 is 28.6 Å². The zero-order valence-corrected chi connectivity index (χ0v) is 8.47. The number of benzene rings is 1. The van der Waals surface area contributed by atoms with Gasteiger partial charge >= 0.3 is 5.97 Å². The minimum Gasteiger partial charge on any atom is -0.491 e. The molecule has 88 valence electrons. The third-order valence-electron chi connectivity index (χ3n) is 2.46. The molecular formula is C11H7FO5. The summed E-state index contributed by atoms with van der Waals surface area (Å²) in [5.41, 5.74) is 0.0252. The van der Waals surface area contributed by atoms with Crippen LogP contribution in [0.5, 0.6) is 5.75 Å². The fraction of sp³-hybridized carbons (Fsp3) is 0.182. The number of carbonyl (C=O) groups excluding carboxylic acids is 2. The molecule has 1 unspecified atom stereocenters. The van der Waals surface area contributed by atoms with E-state index in [0.29, 0.717) is 0 Å². The van der Waals surface area contributed by atoms with Gasteiger partial charge in [-0.25, -0.2) is 9.18 Å². The average molecular weight is 238 g/mol. The largest absolute Gasteiger partial charge is 0.491 e. The minimum absolute atomic E-state index is 0.0252. The number of aliphatic carboxylic acids is 1. The van der Waals surface area contributed by atoms with E-state index in [1.807, 2.05) is 0 Å². The lowest BCUT2D eigenvalue weighted by Crippen LogP contribution is -2.37. The Labute approximate surface area is 94.8 Å². The number of halogens is 1. The number of hydrogen-bond donors (Lipinski definition) is 1. The highest BCUT2D eigenvalue weighted by molar-refractivity contribution is 6.39. The molecule has 0 bridgehead atoms. The van der Waals surface area contributed by atoms with Crippen LogP contribution in [0.1, 0.15) is 10.4 Å². The van der Waals surface area contributed by atoms with E-state index in [2.05, 4.69) is 0 Å². The Morgan fingerprint density at radius 2 is 2.12 bits per heavy atom. The van der Waals surface area contributed by atoms with Gasteiger partial charge in [0.1, 0.15) is 24.1 Å². The van der Waals surface area contributed by atoms with Crippen molar-refractivity contribution in [3.8, 4) is 5.75 Å². The number of ether oxygens (including phenoxy) is 1. The number of Topliss-reactive ketones (excluding diaryl/α,β-unsaturated/α-hetero) is 2. The lowest BCUT2D eigenvalue weighted by atomic mass is 9.91. The van der Waals surface area contributed by atoms with Crippen molar-refractivity contribution >= 4 is 17.5 Å². The number of ketones is 2. The van der Waals surface area contributed by atoms with Gasteiger partial charge in [0.05, 0.1) is 5.56 Å². The molecule has 5 nitrogen and oxygen atoms in total. The molecule has 0 saturated carbocycles. The molecule has 1 aliphatic rings. The molecule has 0 aliphatic carbocycles. The first-order chi connectivity index (χ1) is 8.00. The fourth-order valence-corrected chi connectivity index (χ4v) is 1.60. The van der Waals surface area contributed by atoms with Crippen LogP contribution >= 0.6 is 0 Å². The van der Waals surface area contributed by atoms with Crippen molar-refractivity contribution in [3.63, 3.8) is 0 Å². The van der Waals surface area contributed by atoms with Crippen LogP contribution in [0.2, 0.25) is 0 Å². The first kappa shape index (κ1) is 11.3. The minimum atomic E-state index is -1.68. The van der Waals surface area contributed by atoms with E-state index in [0.717, 1.165) is 12.1 Å². The fourth-order valence-electron chi connectivity index (χ4n) is 1.60. The van der Waals surface area contributed by atoms with E-state index in [4.69, 9.17) is 9.84 Å². The van der Waals surface area contributed by atoms with Crippen LogP contribution in [0.15, 0.2) is 18.2 Å². The monoisotopic (exact) mass is 238 g/mol. The summed E-state index contributed by atoms with van der Waals surface area (Å²) in [5, 5.41) is 8.53. The third-order valence-corrected chi connectivity index (χ3v) is 2.46. The summed E-state index contributed by atoms with van der Waals surface area (Å²) in [6.07, 6.45) is 0. The molecule has 1 aromatic carbocycles. The second kappa shape index (κ2) is 3.97. The number of fused-ring (bicyclic) bond motifs is 1. The van der Waals surface area contributed by atoms with E-state index >= 15 is 0 Å². The Balaban J connectivity index is 2.37. The van der Waals surface area contributed by atoms with Gasteiger partial charge in [-0.2, -0.15) is 0 Å². The Kier molecular flexibility index (Phi) is 2.63. The average Bonchev–Trinajstić information content (AvgIpc) is 2.28. The molecule has 1 aliphatic heterocycles. The summed E-state index contributed by atoms with van der Waals surface area (Å²) >= 11 is 0. The maximum absolute atomic E-state index is 12.9. The second-order valence-corrected chi connectivity index (χ2v) is 3.54. The molecular weight excluding hydrogens is 231 g/mol. The number of carbonyl (C=O) groups is 3. The normalized spacial score (nSPS) is 18.2. The van der Waals surface area contributed by atoms with Gasteiger partial charge < -0.3 is 9.84 Å². The van der Waals surface area contributed by atoms with Crippen LogP contribution in [-0.2, 0) is 9.59 Å². The number of hydrogen-bond acceptors (Lipinski definition) is 4. The van der Waals surface area contributed by atoms with Crippen LogP contribution < -0.4 is 4.74 Å². The van der Waals surface area contributed by atoms with Gasteiger partial charge in [-0.3, -0.25) is 9.59 Å². The molecule has 0 radical (unpaired) electrons. The zero-order chi connectivity index (χ0) is 12.6. The van der Waals surface area contributed by atoms with E-state index in [1.54, 1.807) is 0 Å². The molecule has 6 heteroatoms. The van der Waals surface area contributed by atoms with Crippen LogP contribution in [0.3, 0.4) is 0 Å². The molecule has 0 fully saturated rings. The summed E-state index contributed by atoms with van der Waals surface area (Å²) in [4.78, 5) is 33.5. The van der Waals surface area contributed by atoms with Gasteiger partial charge in [0.2, 0.25) is 0 Å². The molecule has 0 spiro atoms. The van der Waals surface area contributed by atoms with Crippen molar-refractivity contribution in [1.29, 1.82) is 0 Å². The van der Waals surface area contributed by atoms with E-state index in [1.165, 1.54) is 6.07 Å². The highest BCUT2D eigenvalue weighted by Crippen LogP contribution is 2.28. The summed E-state index contributed by atoms with van der Waals surface area (Å²) in [5.74, 6) is -5.45. The predicted octanol–water partition coefficient (Wildman–Crippen LogP) is 0.671. The van der Waals surface area contributed by atoms with Crippen molar-refractivity contribution in [1.82, 2.24) is 0 Å². The second-order valence-electron chi connectivity index (χ2n) is 3.54.